The molecule has 2 aliphatic heterocycles. The van der Waals surface area contributed by atoms with Gasteiger partial charge < -0.3 is 4.90 Å². The van der Waals surface area contributed by atoms with Gasteiger partial charge in [0.2, 0.25) is 0 Å². The predicted molar refractivity (Wildman–Crippen MR) is 84.2 cm³/mol. The number of likely N-dealkylation sites (tertiary alicyclic amines) is 1. The van der Waals surface area contributed by atoms with Gasteiger partial charge in [-0.1, -0.05) is 11.6 Å². The van der Waals surface area contributed by atoms with E-state index in [0.29, 0.717) is 24.3 Å². The molecule has 1 aromatic rings. The van der Waals surface area contributed by atoms with Crippen molar-refractivity contribution in [2.45, 2.75) is 31.2 Å². The maximum Gasteiger partial charge on any atom is 0.254 e. The number of halogens is 2. The van der Waals surface area contributed by atoms with Gasteiger partial charge in [-0.3, -0.25) is 9.57 Å². The molecule has 22 heavy (non-hydrogen) atoms. The molecule has 1 spiro atoms. The van der Waals surface area contributed by atoms with Crippen LogP contribution in [0.15, 0.2) is 18.2 Å². The third-order valence-corrected chi connectivity index (χ3v) is 6.87. The zero-order valence-corrected chi connectivity index (χ0v) is 13.7. The van der Waals surface area contributed by atoms with Crippen molar-refractivity contribution >= 4 is 27.2 Å². The molecule has 2 aliphatic rings. The summed E-state index contributed by atoms with van der Waals surface area (Å²) < 4.78 is 33.4. The number of benzene rings is 1. The average molecular weight is 345 g/mol. The van der Waals surface area contributed by atoms with Crippen molar-refractivity contribution in [3.63, 3.8) is 0 Å². The highest BCUT2D eigenvalue weighted by Crippen LogP contribution is 2.39. The standard InChI is InChI=1S/C15H18ClFN2O2S/c16-12-9-11(3-4-13(12)17)14(20)19-7-1-5-15(19)6-2-8-22(18,21)10-15/h3-4,9,18H,1-2,5-8,10H2. The molecule has 7 heteroatoms. The molecule has 1 N–H and O–H groups in total. The molecule has 3 rings (SSSR count). The second-order valence-electron chi connectivity index (χ2n) is 6.18. The van der Waals surface area contributed by atoms with E-state index >= 15 is 0 Å². The van der Waals surface area contributed by atoms with Gasteiger partial charge in [0.05, 0.1) is 16.3 Å². The molecule has 2 unspecified atom stereocenters. The van der Waals surface area contributed by atoms with Crippen LogP contribution in [0.5, 0.6) is 0 Å². The fourth-order valence-corrected chi connectivity index (χ4v) is 5.91. The monoisotopic (exact) mass is 344 g/mol. The van der Waals surface area contributed by atoms with E-state index in [1.807, 2.05) is 0 Å². The summed E-state index contributed by atoms with van der Waals surface area (Å²) in [6.45, 7) is 0.587. The molecule has 2 atom stereocenters. The molecule has 0 aromatic heterocycles. The van der Waals surface area contributed by atoms with E-state index in [9.17, 15) is 13.4 Å². The fourth-order valence-electron chi connectivity index (χ4n) is 3.66. The molecule has 1 amide bonds. The van der Waals surface area contributed by atoms with E-state index in [4.69, 9.17) is 16.4 Å². The van der Waals surface area contributed by atoms with E-state index in [2.05, 4.69) is 0 Å². The normalized spacial score (nSPS) is 31.6. The minimum atomic E-state index is -2.62. The second-order valence-corrected chi connectivity index (χ2v) is 8.91. The smallest absolute Gasteiger partial charge is 0.254 e. The van der Waals surface area contributed by atoms with Crippen molar-refractivity contribution in [3.8, 4) is 0 Å². The highest BCUT2D eigenvalue weighted by molar-refractivity contribution is 7.92. The summed E-state index contributed by atoms with van der Waals surface area (Å²) >= 11 is 5.77. The maximum absolute atomic E-state index is 13.3. The SMILES string of the molecule is N=S1(=O)CCCC2(CCCN2C(=O)c2ccc(F)c(Cl)c2)C1. The first-order valence-corrected chi connectivity index (χ1v) is 9.62. The lowest BCUT2D eigenvalue weighted by atomic mass is 9.92. The third kappa shape index (κ3) is 2.74. The highest BCUT2D eigenvalue weighted by Gasteiger charge is 2.47. The average Bonchev–Trinajstić information content (AvgIpc) is 2.82. The Morgan fingerprint density at radius 2 is 2.09 bits per heavy atom. The number of hydrogen-bond donors (Lipinski definition) is 1. The van der Waals surface area contributed by atoms with Crippen molar-refractivity contribution in [1.29, 1.82) is 4.78 Å². The maximum atomic E-state index is 13.3. The molecular weight excluding hydrogens is 327 g/mol. The van der Waals surface area contributed by atoms with Crippen LogP contribution in [0.25, 0.3) is 0 Å². The van der Waals surface area contributed by atoms with E-state index < -0.39 is 21.1 Å². The first kappa shape index (κ1) is 15.7. The summed E-state index contributed by atoms with van der Waals surface area (Å²) in [5.74, 6) is -0.0995. The minimum Gasteiger partial charge on any atom is -0.332 e. The predicted octanol–water partition coefficient (Wildman–Crippen LogP) is 3.29. The number of hydrogen-bond acceptors (Lipinski definition) is 3. The van der Waals surface area contributed by atoms with Crippen LogP contribution in [-0.4, -0.2) is 38.6 Å². The molecule has 0 radical (unpaired) electrons. The summed E-state index contributed by atoms with van der Waals surface area (Å²) in [5, 5.41) is -0.0768. The van der Waals surface area contributed by atoms with Crippen LogP contribution in [-0.2, 0) is 9.73 Å². The van der Waals surface area contributed by atoms with Gasteiger partial charge in [0.25, 0.3) is 5.91 Å². The number of nitrogens with one attached hydrogen (secondary N) is 1. The Bertz CT molecular complexity index is 722. The molecule has 2 fully saturated rings. The van der Waals surface area contributed by atoms with Gasteiger partial charge in [0.1, 0.15) is 5.82 Å². The van der Waals surface area contributed by atoms with Crippen molar-refractivity contribution in [2.75, 3.05) is 18.1 Å². The quantitative estimate of drug-likeness (QED) is 0.849. The molecule has 4 nitrogen and oxygen atoms in total. The van der Waals surface area contributed by atoms with E-state index in [-0.39, 0.29) is 16.7 Å². The second kappa shape index (κ2) is 5.49. The van der Waals surface area contributed by atoms with Gasteiger partial charge in [-0.2, -0.15) is 0 Å². The zero-order valence-electron chi connectivity index (χ0n) is 12.1. The first-order valence-electron chi connectivity index (χ1n) is 7.34. The van der Waals surface area contributed by atoms with Crippen LogP contribution >= 0.6 is 11.6 Å². The topological polar surface area (TPSA) is 61.2 Å². The van der Waals surface area contributed by atoms with Crippen LogP contribution in [0.3, 0.4) is 0 Å². The molecule has 120 valence electrons. The van der Waals surface area contributed by atoms with E-state index in [0.717, 1.165) is 19.3 Å². The lowest BCUT2D eigenvalue weighted by Crippen LogP contribution is -2.54. The van der Waals surface area contributed by atoms with Gasteiger partial charge in [0, 0.05) is 27.6 Å². The summed E-state index contributed by atoms with van der Waals surface area (Å²) in [5.41, 5.74) is -0.135. The van der Waals surface area contributed by atoms with Crippen LogP contribution in [0.1, 0.15) is 36.0 Å². The molecular formula is C15H18ClFN2O2S. The Balaban J connectivity index is 1.92. The number of amides is 1. The summed E-state index contributed by atoms with van der Waals surface area (Å²) in [7, 11) is -2.62. The Morgan fingerprint density at radius 3 is 2.77 bits per heavy atom. The van der Waals surface area contributed by atoms with Crippen LogP contribution in [0, 0.1) is 10.6 Å². The van der Waals surface area contributed by atoms with Gasteiger partial charge in [0.15, 0.2) is 0 Å². The van der Waals surface area contributed by atoms with Crippen molar-refractivity contribution in [3.05, 3.63) is 34.6 Å². The number of rotatable bonds is 1. The lowest BCUT2D eigenvalue weighted by molar-refractivity contribution is 0.0609. The fraction of sp³-hybridized carbons (Fsp3) is 0.533. The largest absolute Gasteiger partial charge is 0.332 e. The summed E-state index contributed by atoms with van der Waals surface area (Å²) in [4.78, 5) is 14.5. The van der Waals surface area contributed by atoms with Crippen molar-refractivity contribution < 1.29 is 13.4 Å². The molecule has 0 aliphatic carbocycles. The van der Waals surface area contributed by atoms with Crippen molar-refractivity contribution in [1.82, 2.24) is 4.90 Å². The highest BCUT2D eigenvalue weighted by atomic mass is 35.5. The van der Waals surface area contributed by atoms with E-state index in [1.54, 1.807) is 4.90 Å². The van der Waals surface area contributed by atoms with Crippen LogP contribution in [0.4, 0.5) is 4.39 Å². The third-order valence-electron chi connectivity index (χ3n) is 4.63. The molecule has 2 saturated heterocycles. The number of carbonyl (C=O) groups excluding carboxylic acids is 1. The first-order chi connectivity index (χ1) is 10.3. The molecule has 0 saturated carbocycles. The minimum absolute atomic E-state index is 0.0768. The number of nitrogens with zero attached hydrogens (tertiary/aromatic N) is 1. The van der Waals surface area contributed by atoms with Gasteiger partial charge in [-0.05, 0) is 43.9 Å². The van der Waals surface area contributed by atoms with Gasteiger partial charge in [-0.25, -0.2) is 8.60 Å². The van der Waals surface area contributed by atoms with Crippen LogP contribution < -0.4 is 0 Å². The molecule has 0 bridgehead atoms. The Labute approximate surface area is 134 Å². The molecule has 1 aromatic carbocycles. The van der Waals surface area contributed by atoms with Gasteiger partial charge >= 0.3 is 0 Å². The summed E-state index contributed by atoms with van der Waals surface area (Å²) in [6.07, 6.45) is 3.11. The van der Waals surface area contributed by atoms with Gasteiger partial charge in [-0.15, -0.1) is 0 Å². The Hall–Kier alpha value is -1.14. The number of carbonyl (C=O) groups is 1. The molecule has 2 heterocycles. The van der Waals surface area contributed by atoms with E-state index in [1.165, 1.54) is 18.2 Å². The Kier molecular flexibility index (Phi) is 3.93. The summed E-state index contributed by atoms with van der Waals surface area (Å²) in [6, 6.07) is 3.95. The Morgan fingerprint density at radius 1 is 1.36 bits per heavy atom. The lowest BCUT2D eigenvalue weighted by Gasteiger charge is -2.42. The van der Waals surface area contributed by atoms with Crippen LogP contribution in [0.2, 0.25) is 5.02 Å². The zero-order chi connectivity index (χ0) is 16.0. The van der Waals surface area contributed by atoms with Crippen molar-refractivity contribution in [2.24, 2.45) is 0 Å².